The van der Waals surface area contributed by atoms with Gasteiger partial charge in [-0.25, -0.2) is 0 Å². The topological polar surface area (TPSA) is 103 Å². The highest BCUT2D eigenvalue weighted by Gasteiger charge is 2.39. The lowest BCUT2D eigenvalue weighted by atomic mass is 9.88. The number of nitriles is 1. The summed E-state index contributed by atoms with van der Waals surface area (Å²) in [4.78, 5) is 14.0. The maximum Gasteiger partial charge on any atom is 0.223 e. The highest BCUT2D eigenvalue weighted by atomic mass is 16.5. The number of hydrogen-bond donors (Lipinski definition) is 2. The van der Waals surface area contributed by atoms with Crippen molar-refractivity contribution < 1.29 is 24.5 Å². The molecule has 1 aromatic rings. The molecule has 0 radical (unpaired) electrons. The van der Waals surface area contributed by atoms with Crippen LogP contribution >= 0.6 is 0 Å². The lowest BCUT2D eigenvalue weighted by Gasteiger charge is -2.41. The quantitative estimate of drug-likeness (QED) is 0.759. The van der Waals surface area contributed by atoms with Crippen LogP contribution in [0.25, 0.3) is 0 Å². The van der Waals surface area contributed by atoms with Gasteiger partial charge in [-0.2, -0.15) is 5.26 Å². The van der Waals surface area contributed by atoms with Gasteiger partial charge in [0.25, 0.3) is 0 Å². The molecular weight excluding hydrogens is 348 g/mol. The van der Waals surface area contributed by atoms with Gasteiger partial charge in [0.2, 0.25) is 5.91 Å². The summed E-state index contributed by atoms with van der Waals surface area (Å²) in [7, 11) is 0. The SMILES string of the molecule is CC1(C)CC(N2CCCC2=O)c2cc(C#N)ccc2O1.OCCOCCO. The standard InChI is InChI=1S/C16H18N2O2.C4H10O3/c1-16(2)9-13(18-7-3-4-15(18)19)12-8-11(10-17)5-6-14(12)20-16;5-1-3-7-4-2-6/h5-6,8,13H,3-4,7,9H2,1-2H3;5-6H,1-4H2. The van der Waals surface area contributed by atoms with Crippen molar-refractivity contribution in [1.29, 1.82) is 5.26 Å². The molecule has 1 fully saturated rings. The Labute approximate surface area is 160 Å². The molecule has 2 N–H and O–H groups in total. The summed E-state index contributed by atoms with van der Waals surface area (Å²) >= 11 is 0. The molecule has 1 aromatic carbocycles. The van der Waals surface area contributed by atoms with Gasteiger partial charge in [-0.3, -0.25) is 4.79 Å². The summed E-state index contributed by atoms with van der Waals surface area (Å²) in [6.07, 6.45) is 2.32. The number of aliphatic hydroxyl groups excluding tert-OH is 2. The monoisotopic (exact) mass is 376 g/mol. The van der Waals surface area contributed by atoms with E-state index in [0.717, 1.165) is 30.7 Å². The summed E-state index contributed by atoms with van der Waals surface area (Å²) in [5, 5.41) is 25.2. The molecule has 1 atom stereocenters. The first-order valence-corrected chi connectivity index (χ1v) is 9.24. The highest BCUT2D eigenvalue weighted by molar-refractivity contribution is 5.78. The van der Waals surface area contributed by atoms with Gasteiger partial charge in [-0.15, -0.1) is 0 Å². The molecule has 148 valence electrons. The molecule has 0 aliphatic carbocycles. The number of amides is 1. The molecule has 0 saturated carbocycles. The summed E-state index contributed by atoms with van der Waals surface area (Å²) < 4.78 is 10.6. The third kappa shape index (κ3) is 5.67. The molecule has 2 aliphatic rings. The van der Waals surface area contributed by atoms with Crippen molar-refractivity contribution >= 4 is 5.91 Å². The van der Waals surface area contributed by atoms with Crippen molar-refractivity contribution in [2.45, 2.75) is 44.8 Å². The molecule has 0 bridgehead atoms. The van der Waals surface area contributed by atoms with Crippen LogP contribution in [0.4, 0.5) is 0 Å². The Bertz CT molecular complexity index is 679. The average Bonchev–Trinajstić information content (AvgIpc) is 3.07. The third-order valence-corrected chi connectivity index (χ3v) is 4.53. The normalized spacial score (nSPS) is 20.2. The summed E-state index contributed by atoms with van der Waals surface area (Å²) in [5.74, 6) is 1.01. The maximum absolute atomic E-state index is 12.1. The van der Waals surface area contributed by atoms with Crippen LogP contribution < -0.4 is 4.74 Å². The van der Waals surface area contributed by atoms with Gasteiger partial charge >= 0.3 is 0 Å². The van der Waals surface area contributed by atoms with Crippen LogP contribution in [0, 0.1) is 11.3 Å². The van der Waals surface area contributed by atoms with E-state index in [1.165, 1.54) is 0 Å². The number of hydrogen-bond acceptors (Lipinski definition) is 6. The Hall–Kier alpha value is -2.14. The molecule has 0 aromatic heterocycles. The number of aliphatic hydroxyl groups is 2. The van der Waals surface area contributed by atoms with Crippen LogP contribution in [0.3, 0.4) is 0 Å². The van der Waals surface area contributed by atoms with E-state index in [4.69, 9.17) is 20.2 Å². The van der Waals surface area contributed by atoms with Gasteiger partial charge in [0.1, 0.15) is 11.4 Å². The molecular formula is C20H28N2O5. The number of likely N-dealkylation sites (tertiary alicyclic amines) is 1. The van der Waals surface area contributed by atoms with E-state index in [-0.39, 0.29) is 30.8 Å². The lowest BCUT2D eigenvalue weighted by Crippen LogP contribution is -2.42. The van der Waals surface area contributed by atoms with Crippen molar-refractivity contribution in [3.63, 3.8) is 0 Å². The minimum absolute atomic E-state index is 0.0250. The second-order valence-corrected chi connectivity index (χ2v) is 7.20. The predicted octanol–water partition coefficient (Wildman–Crippen LogP) is 1.77. The number of fused-ring (bicyclic) bond motifs is 1. The molecule has 7 heteroatoms. The summed E-state index contributed by atoms with van der Waals surface area (Å²) in [6.45, 7) is 5.58. The maximum atomic E-state index is 12.1. The Morgan fingerprint density at radius 2 is 2.04 bits per heavy atom. The van der Waals surface area contributed by atoms with Gasteiger partial charge in [0.15, 0.2) is 0 Å². The fourth-order valence-corrected chi connectivity index (χ4v) is 3.39. The van der Waals surface area contributed by atoms with E-state index in [1.807, 2.05) is 30.9 Å². The van der Waals surface area contributed by atoms with Gasteiger partial charge in [0, 0.05) is 24.9 Å². The van der Waals surface area contributed by atoms with Crippen molar-refractivity contribution in [2.75, 3.05) is 33.0 Å². The predicted molar refractivity (Wildman–Crippen MR) is 99.2 cm³/mol. The number of nitrogens with zero attached hydrogens (tertiary/aromatic N) is 2. The second kappa shape index (κ2) is 9.70. The number of benzene rings is 1. The molecule has 2 heterocycles. The first-order chi connectivity index (χ1) is 12.9. The zero-order valence-electron chi connectivity index (χ0n) is 16.0. The van der Waals surface area contributed by atoms with E-state index in [2.05, 4.69) is 10.8 Å². The molecule has 3 rings (SSSR count). The van der Waals surface area contributed by atoms with Crippen molar-refractivity contribution in [3.8, 4) is 11.8 Å². The fourth-order valence-electron chi connectivity index (χ4n) is 3.39. The van der Waals surface area contributed by atoms with Crippen molar-refractivity contribution in [3.05, 3.63) is 29.3 Å². The molecule has 27 heavy (non-hydrogen) atoms. The van der Waals surface area contributed by atoms with E-state index in [9.17, 15) is 4.79 Å². The van der Waals surface area contributed by atoms with E-state index >= 15 is 0 Å². The van der Waals surface area contributed by atoms with Gasteiger partial charge in [-0.1, -0.05) is 0 Å². The largest absolute Gasteiger partial charge is 0.487 e. The van der Waals surface area contributed by atoms with E-state index < -0.39 is 0 Å². The van der Waals surface area contributed by atoms with Gasteiger partial charge in [0.05, 0.1) is 44.1 Å². The third-order valence-electron chi connectivity index (χ3n) is 4.53. The zero-order valence-corrected chi connectivity index (χ0v) is 16.0. The minimum atomic E-state index is -0.297. The smallest absolute Gasteiger partial charge is 0.223 e. The molecule has 0 spiro atoms. The van der Waals surface area contributed by atoms with Gasteiger partial charge in [-0.05, 0) is 38.5 Å². The molecule has 2 aliphatic heterocycles. The van der Waals surface area contributed by atoms with E-state index in [0.29, 0.717) is 25.2 Å². The summed E-state index contributed by atoms with van der Waals surface area (Å²) in [6, 6.07) is 7.66. The molecule has 1 amide bonds. The number of rotatable bonds is 5. The Morgan fingerprint density at radius 1 is 1.33 bits per heavy atom. The highest BCUT2D eigenvalue weighted by Crippen LogP contribution is 2.44. The average molecular weight is 376 g/mol. The Kier molecular flexibility index (Phi) is 7.60. The second-order valence-electron chi connectivity index (χ2n) is 7.20. The lowest BCUT2D eigenvalue weighted by molar-refractivity contribution is -0.131. The Balaban J connectivity index is 0.000000321. The molecule has 1 saturated heterocycles. The van der Waals surface area contributed by atoms with Gasteiger partial charge < -0.3 is 24.6 Å². The van der Waals surface area contributed by atoms with Crippen LogP contribution in [0.5, 0.6) is 5.75 Å². The molecule has 1 unspecified atom stereocenters. The minimum Gasteiger partial charge on any atom is -0.487 e. The first-order valence-electron chi connectivity index (χ1n) is 9.24. The first kappa shape index (κ1) is 21.2. The van der Waals surface area contributed by atoms with Crippen molar-refractivity contribution in [1.82, 2.24) is 4.90 Å². The fraction of sp³-hybridized carbons (Fsp3) is 0.600. The van der Waals surface area contributed by atoms with Crippen LogP contribution in [0.2, 0.25) is 0 Å². The molecule has 7 nitrogen and oxygen atoms in total. The van der Waals surface area contributed by atoms with Crippen LogP contribution in [-0.4, -0.2) is 59.6 Å². The summed E-state index contributed by atoms with van der Waals surface area (Å²) in [5.41, 5.74) is 1.29. The zero-order chi connectivity index (χ0) is 19.9. The number of carbonyl (C=O) groups is 1. The van der Waals surface area contributed by atoms with E-state index in [1.54, 1.807) is 6.07 Å². The number of ether oxygens (including phenoxy) is 2. The van der Waals surface area contributed by atoms with Crippen molar-refractivity contribution in [2.24, 2.45) is 0 Å². The van der Waals surface area contributed by atoms with Crippen LogP contribution in [0.15, 0.2) is 18.2 Å². The Morgan fingerprint density at radius 3 is 2.59 bits per heavy atom. The van der Waals surface area contributed by atoms with Crippen LogP contribution in [-0.2, 0) is 9.53 Å². The van der Waals surface area contributed by atoms with Crippen LogP contribution in [0.1, 0.15) is 50.3 Å². The number of carbonyl (C=O) groups excluding carboxylic acids is 1.